The highest BCUT2D eigenvalue weighted by atomic mass is 32.1. The molecule has 0 saturated carbocycles. The van der Waals surface area contributed by atoms with Gasteiger partial charge in [0.2, 0.25) is 5.43 Å². The average Bonchev–Trinajstić information content (AvgIpc) is 3.32. The summed E-state index contributed by atoms with van der Waals surface area (Å²) in [6.45, 7) is 5.67. The van der Waals surface area contributed by atoms with Crippen molar-refractivity contribution < 1.29 is 23.8 Å². The molecule has 180 valence electrons. The summed E-state index contributed by atoms with van der Waals surface area (Å²) in [5.74, 6) is -0.871. The number of carbonyl (C=O) groups is 2. The Bertz CT molecular complexity index is 1180. The summed E-state index contributed by atoms with van der Waals surface area (Å²) in [7, 11) is 1.23. The topological polar surface area (TPSA) is 109 Å². The second kappa shape index (κ2) is 11.0. The number of benzene rings is 1. The number of hydrogen-bond donors (Lipinski definition) is 1. The molecule has 0 radical (unpaired) electrons. The molecule has 0 bridgehead atoms. The van der Waals surface area contributed by atoms with Crippen LogP contribution < -0.4 is 15.5 Å². The molecule has 1 N–H and O–H groups in total. The number of pyridine rings is 1. The molecule has 9 nitrogen and oxygen atoms in total. The van der Waals surface area contributed by atoms with Crippen molar-refractivity contribution >= 4 is 23.4 Å². The zero-order valence-corrected chi connectivity index (χ0v) is 20.3. The van der Waals surface area contributed by atoms with Crippen LogP contribution in [0.2, 0.25) is 0 Å². The molecule has 34 heavy (non-hydrogen) atoms. The van der Waals surface area contributed by atoms with Gasteiger partial charge in [0.1, 0.15) is 17.2 Å². The SMILES string of the molecule is COC(=O)c1c(OCc2ccccc2)c(=O)c(-c2nccs2)cn1CCNC(=O)OC(C)(C)C. The van der Waals surface area contributed by atoms with Crippen molar-refractivity contribution in [3.05, 3.63) is 69.6 Å². The first kappa shape index (κ1) is 25.0. The number of esters is 1. The Morgan fingerprint density at radius 1 is 1.18 bits per heavy atom. The van der Waals surface area contributed by atoms with Crippen molar-refractivity contribution in [2.75, 3.05) is 13.7 Å². The lowest BCUT2D eigenvalue weighted by atomic mass is 10.2. The van der Waals surface area contributed by atoms with E-state index in [0.717, 1.165) is 5.56 Å². The molecule has 1 aromatic carbocycles. The molecule has 1 amide bonds. The van der Waals surface area contributed by atoms with E-state index in [1.165, 1.54) is 29.2 Å². The van der Waals surface area contributed by atoms with Gasteiger partial charge in [-0.05, 0) is 26.3 Å². The van der Waals surface area contributed by atoms with Crippen LogP contribution in [0.25, 0.3) is 10.6 Å². The summed E-state index contributed by atoms with van der Waals surface area (Å²) in [4.78, 5) is 42.3. The van der Waals surface area contributed by atoms with Crippen molar-refractivity contribution in [1.29, 1.82) is 0 Å². The number of amides is 1. The van der Waals surface area contributed by atoms with Crippen LogP contribution in [0, 0.1) is 0 Å². The van der Waals surface area contributed by atoms with Gasteiger partial charge in [-0.2, -0.15) is 0 Å². The molecule has 0 aliphatic carbocycles. The maximum absolute atomic E-state index is 13.4. The summed E-state index contributed by atoms with van der Waals surface area (Å²) >= 11 is 1.29. The van der Waals surface area contributed by atoms with Gasteiger partial charge in [0, 0.05) is 30.9 Å². The predicted octanol–water partition coefficient (Wildman–Crippen LogP) is 3.86. The average molecular weight is 486 g/mol. The summed E-state index contributed by atoms with van der Waals surface area (Å²) in [6.07, 6.45) is 2.53. The van der Waals surface area contributed by atoms with Crippen molar-refractivity contribution in [1.82, 2.24) is 14.9 Å². The molecule has 2 heterocycles. The number of carbonyl (C=O) groups excluding carboxylic acids is 2. The summed E-state index contributed by atoms with van der Waals surface area (Å²) in [5, 5.41) is 4.89. The first-order valence-corrected chi connectivity index (χ1v) is 11.5. The second-order valence-electron chi connectivity index (χ2n) is 8.27. The maximum Gasteiger partial charge on any atom is 0.407 e. The van der Waals surface area contributed by atoms with E-state index >= 15 is 0 Å². The summed E-state index contributed by atoms with van der Waals surface area (Å²) < 4.78 is 17.6. The molecule has 0 atom stereocenters. The Labute approximate surface area is 201 Å². The summed E-state index contributed by atoms with van der Waals surface area (Å²) in [5.41, 5.74) is -0.0504. The van der Waals surface area contributed by atoms with Crippen LogP contribution in [0.4, 0.5) is 4.79 Å². The zero-order valence-electron chi connectivity index (χ0n) is 19.5. The molecule has 0 saturated heterocycles. The number of nitrogens with one attached hydrogen (secondary N) is 1. The van der Waals surface area contributed by atoms with Gasteiger partial charge >= 0.3 is 12.1 Å². The van der Waals surface area contributed by atoms with Crippen molar-refractivity contribution in [2.24, 2.45) is 0 Å². The molecule has 0 fully saturated rings. The normalized spacial score (nSPS) is 11.1. The van der Waals surface area contributed by atoms with E-state index < -0.39 is 23.1 Å². The van der Waals surface area contributed by atoms with Gasteiger partial charge in [-0.3, -0.25) is 4.79 Å². The van der Waals surface area contributed by atoms with Crippen LogP contribution >= 0.6 is 11.3 Å². The van der Waals surface area contributed by atoms with Gasteiger partial charge in [0.15, 0.2) is 11.4 Å². The molecule has 0 aliphatic heterocycles. The number of aromatic nitrogens is 2. The fraction of sp³-hybridized carbons (Fsp3) is 0.333. The van der Waals surface area contributed by atoms with E-state index in [1.54, 1.807) is 32.3 Å². The Kier molecular flexibility index (Phi) is 8.06. The lowest BCUT2D eigenvalue weighted by Crippen LogP contribution is -2.35. The van der Waals surface area contributed by atoms with E-state index in [-0.39, 0.29) is 36.7 Å². The molecule has 3 aromatic rings. The van der Waals surface area contributed by atoms with Crippen LogP contribution in [0.1, 0.15) is 36.8 Å². The minimum atomic E-state index is -0.733. The van der Waals surface area contributed by atoms with Gasteiger partial charge in [0.25, 0.3) is 0 Å². The minimum absolute atomic E-state index is 0.0466. The van der Waals surface area contributed by atoms with E-state index in [9.17, 15) is 14.4 Å². The molecule has 0 aliphatic rings. The Morgan fingerprint density at radius 3 is 2.53 bits per heavy atom. The number of ether oxygens (including phenoxy) is 3. The van der Waals surface area contributed by atoms with Gasteiger partial charge in [0.05, 0.1) is 12.7 Å². The Hall–Kier alpha value is -3.66. The fourth-order valence-corrected chi connectivity index (χ4v) is 3.73. The van der Waals surface area contributed by atoms with Crippen LogP contribution in [-0.2, 0) is 22.6 Å². The predicted molar refractivity (Wildman–Crippen MR) is 128 cm³/mol. The van der Waals surface area contributed by atoms with Crippen molar-refractivity contribution in [2.45, 2.75) is 39.5 Å². The van der Waals surface area contributed by atoms with E-state index in [2.05, 4.69) is 10.3 Å². The quantitative estimate of drug-likeness (QED) is 0.483. The fourth-order valence-electron chi connectivity index (χ4n) is 3.09. The number of hydrogen-bond acceptors (Lipinski definition) is 8. The molecule has 10 heteroatoms. The van der Waals surface area contributed by atoms with E-state index in [4.69, 9.17) is 14.2 Å². The lowest BCUT2D eigenvalue weighted by molar-refractivity contribution is 0.0526. The van der Waals surface area contributed by atoms with E-state index in [0.29, 0.717) is 5.01 Å². The third kappa shape index (κ3) is 6.44. The van der Waals surface area contributed by atoms with Gasteiger partial charge in [-0.1, -0.05) is 30.3 Å². The number of nitrogens with zero attached hydrogens (tertiary/aromatic N) is 2. The number of rotatable bonds is 8. The van der Waals surface area contributed by atoms with Crippen LogP contribution in [0.5, 0.6) is 5.75 Å². The lowest BCUT2D eigenvalue weighted by Gasteiger charge is -2.21. The zero-order chi connectivity index (χ0) is 24.7. The minimum Gasteiger partial charge on any atom is -0.482 e. The first-order valence-electron chi connectivity index (χ1n) is 10.6. The van der Waals surface area contributed by atoms with Crippen LogP contribution in [0.3, 0.4) is 0 Å². The van der Waals surface area contributed by atoms with Gasteiger partial charge in [-0.15, -0.1) is 11.3 Å². The largest absolute Gasteiger partial charge is 0.482 e. The van der Waals surface area contributed by atoms with Crippen molar-refractivity contribution in [3.63, 3.8) is 0 Å². The molecular formula is C24H27N3O6S. The van der Waals surface area contributed by atoms with Crippen molar-refractivity contribution in [3.8, 4) is 16.3 Å². The standard InChI is InChI=1S/C24H27N3O6S/c1-24(2,3)33-23(30)26-10-12-27-14-17(21-25-11-13-34-21)19(28)20(18(27)22(29)31-4)32-15-16-8-6-5-7-9-16/h5-9,11,13-14H,10,12,15H2,1-4H3,(H,26,30). The Morgan fingerprint density at radius 2 is 1.91 bits per heavy atom. The second-order valence-corrected chi connectivity index (χ2v) is 9.17. The molecule has 3 rings (SSSR count). The third-order valence-corrected chi connectivity index (χ3v) is 5.33. The highest BCUT2D eigenvalue weighted by Gasteiger charge is 2.25. The monoisotopic (exact) mass is 485 g/mol. The Balaban J connectivity index is 1.98. The van der Waals surface area contributed by atoms with Gasteiger partial charge in [-0.25, -0.2) is 14.6 Å². The highest BCUT2D eigenvalue weighted by Crippen LogP contribution is 2.25. The van der Waals surface area contributed by atoms with Gasteiger partial charge < -0.3 is 24.1 Å². The molecule has 2 aromatic heterocycles. The van der Waals surface area contributed by atoms with E-state index in [1.807, 2.05) is 30.3 Å². The number of methoxy groups -OCH3 is 1. The summed E-state index contributed by atoms with van der Waals surface area (Å²) in [6, 6.07) is 9.29. The number of alkyl carbamates (subject to hydrolysis) is 1. The third-order valence-electron chi connectivity index (χ3n) is 4.53. The molecular weight excluding hydrogens is 458 g/mol. The maximum atomic E-state index is 13.4. The van der Waals surface area contributed by atoms with Crippen LogP contribution in [0.15, 0.2) is 52.9 Å². The smallest absolute Gasteiger partial charge is 0.407 e. The molecule has 0 spiro atoms. The van der Waals surface area contributed by atoms with Crippen LogP contribution in [-0.4, -0.2) is 40.9 Å². The molecule has 0 unspecified atom stereocenters. The highest BCUT2D eigenvalue weighted by molar-refractivity contribution is 7.13. The first-order chi connectivity index (χ1) is 16.2. The number of thiazole rings is 1.